The van der Waals surface area contributed by atoms with Crippen molar-refractivity contribution in [3.8, 4) is 0 Å². The third kappa shape index (κ3) is 45.4. The van der Waals surface area contributed by atoms with Crippen LogP contribution in [-0.4, -0.2) is 322 Å². The Morgan fingerprint density at radius 3 is 1.19 bits per heavy atom. The summed E-state index contributed by atoms with van der Waals surface area (Å²) >= 11 is 14.6. The van der Waals surface area contributed by atoms with Gasteiger partial charge in [0.15, 0.2) is 12.2 Å². The van der Waals surface area contributed by atoms with E-state index < -0.39 is 183 Å². The first-order chi connectivity index (χ1) is 52.4. The molecule has 3 aliphatic heterocycles. The number of hydrogen-bond acceptors (Lipinski definition) is 37. The van der Waals surface area contributed by atoms with Crippen LogP contribution in [0.4, 0.5) is 0 Å². The number of carbonyl (C=O) groups is 13. The number of thioether (sulfide) groups is 3. The average Bonchev–Trinajstić information content (AvgIpc) is 1.79. The minimum atomic E-state index is -1.97. The van der Waals surface area contributed by atoms with Gasteiger partial charge in [-0.25, -0.2) is 9.59 Å². The van der Waals surface area contributed by atoms with Gasteiger partial charge in [-0.1, -0.05) is 61.3 Å². The second-order valence-corrected chi connectivity index (χ2v) is 35.2. The lowest BCUT2D eigenvalue weighted by molar-refractivity contribution is -0.180. The van der Waals surface area contributed by atoms with Gasteiger partial charge >= 0.3 is 59.7 Å². The maximum Gasteiger partial charge on any atom is 0.333 e. The van der Waals surface area contributed by atoms with E-state index in [1.165, 1.54) is 37.4 Å². The van der Waals surface area contributed by atoms with Crippen molar-refractivity contribution in [2.45, 2.75) is 223 Å². The molecule has 0 bridgehead atoms. The summed E-state index contributed by atoms with van der Waals surface area (Å²) in [7, 11) is 0. The molecule has 3 aliphatic rings. The summed E-state index contributed by atoms with van der Waals surface area (Å²) in [5.41, 5.74) is -1.70. The van der Waals surface area contributed by atoms with Crippen LogP contribution in [0.2, 0.25) is 0 Å². The van der Waals surface area contributed by atoms with Gasteiger partial charge in [0.2, 0.25) is 17.7 Å². The monoisotopic (exact) mass is 1730 g/mol. The van der Waals surface area contributed by atoms with Gasteiger partial charge in [0.25, 0.3) is 0 Å². The Kier molecular flexibility index (Phi) is 51.3. The van der Waals surface area contributed by atoms with Crippen molar-refractivity contribution >= 4 is 151 Å². The third-order valence-corrected chi connectivity index (χ3v) is 20.1. The van der Waals surface area contributed by atoms with Crippen LogP contribution in [0.25, 0.3) is 0 Å². The number of ether oxygens (including phenoxy) is 10. The van der Waals surface area contributed by atoms with Crippen LogP contribution in [0.1, 0.15) is 141 Å². The molecule has 648 valence electrons. The van der Waals surface area contributed by atoms with E-state index in [1.807, 2.05) is 48.5 Å². The van der Waals surface area contributed by atoms with E-state index in [9.17, 15) is 103 Å². The molecule has 12 unspecified atom stereocenters. The highest BCUT2D eigenvalue weighted by molar-refractivity contribution is 8.01. The summed E-state index contributed by atoms with van der Waals surface area (Å²) < 4.78 is 49.4. The molecular formula is C73H119N3O31S6. The molecule has 0 aromatic heterocycles. The minimum Gasteiger partial charge on any atom is -0.462 e. The summed E-state index contributed by atoms with van der Waals surface area (Å²) in [6.45, 7) is 30.6. The molecule has 3 fully saturated rings. The minimum absolute atomic E-state index is 0.0256. The number of esters is 10. The summed E-state index contributed by atoms with van der Waals surface area (Å²) in [6, 6.07) is -0.422. The van der Waals surface area contributed by atoms with E-state index in [1.54, 1.807) is 48.6 Å². The average molecular weight is 1730 g/mol. The van der Waals surface area contributed by atoms with Crippen molar-refractivity contribution in [1.82, 2.24) is 14.7 Å². The second-order valence-electron chi connectivity index (χ2n) is 29.5. The Bertz CT molecular complexity index is 3080. The molecule has 3 rings (SSSR count). The molecule has 113 heavy (non-hydrogen) atoms. The van der Waals surface area contributed by atoms with Crippen molar-refractivity contribution in [3.63, 3.8) is 0 Å². The molecule has 3 amide bonds. The molecule has 12 atom stereocenters. The molecule has 0 aromatic rings. The van der Waals surface area contributed by atoms with Gasteiger partial charge in [0.1, 0.15) is 102 Å². The van der Waals surface area contributed by atoms with Gasteiger partial charge in [0.05, 0.1) is 50.7 Å². The van der Waals surface area contributed by atoms with Crippen LogP contribution in [0.3, 0.4) is 0 Å². The topological polar surface area (TPSA) is 486 Å². The van der Waals surface area contributed by atoms with E-state index in [0.29, 0.717) is 38.8 Å². The third-order valence-electron chi connectivity index (χ3n) is 15.7. The summed E-state index contributed by atoms with van der Waals surface area (Å²) in [6.07, 6.45) is -11.4. The quantitative estimate of drug-likeness (QED) is 0.0180. The molecular weight excluding hydrogens is 1610 g/mol. The molecule has 0 aromatic carbocycles. The van der Waals surface area contributed by atoms with Crippen molar-refractivity contribution < 1.29 is 151 Å². The van der Waals surface area contributed by atoms with Crippen molar-refractivity contribution in [2.75, 3.05) is 107 Å². The molecule has 34 nitrogen and oxygen atoms in total. The zero-order valence-electron chi connectivity index (χ0n) is 66.7. The molecule has 0 radical (unpaired) electrons. The van der Waals surface area contributed by atoms with E-state index in [0.717, 1.165) is 24.7 Å². The van der Waals surface area contributed by atoms with Crippen LogP contribution in [0.5, 0.6) is 0 Å². The molecule has 8 N–H and O–H groups in total. The van der Waals surface area contributed by atoms with Crippen LogP contribution < -0.4 is 0 Å². The zero-order valence-corrected chi connectivity index (χ0v) is 71.8. The lowest BCUT2D eigenvalue weighted by Gasteiger charge is -2.38. The molecule has 0 spiro atoms. The predicted molar refractivity (Wildman–Crippen MR) is 427 cm³/mol. The van der Waals surface area contributed by atoms with Gasteiger partial charge in [-0.05, 0) is 86.8 Å². The Hall–Kier alpha value is -5.89. The van der Waals surface area contributed by atoms with Gasteiger partial charge < -0.3 is 103 Å². The van der Waals surface area contributed by atoms with E-state index in [2.05, 4.69) is 76.6 Å². The van der Waals surface area contributed by atoms with Crippen LogP contribution in [0, 0.1) is 10.8 Å². The van der Waals surface area contributed by atoms with Gasteiger partial charge in [-0.3, -0.25) is 52.7 Å². The second kappa shape index (κ2) is 54.2. The maximum atomic E-state index is 14.0. The predicted octanol–water partition coefficient (Wildman–Crippen LogP) is 2.30. The fraction of sp³-hybridized carbons (Fsp3) is 0.740. The number of carbonyl (C=O) groups excluding carboxylic acids is 13. The van der Waals surface area contributed by atoms with Gasteiger partial charge in [-0.15, -0.1) is 35.3 Å². The van der Waals surface area contributed by atoms with Crippen molar-refractivity contribution in [3.05, 3.63) is 37.1 Å². The van der Waals surface area contributed by atoms with E-state index in [4.69, 9.17) is 28.4 Å². The van der Waals surface area contributed by atoms with Crippen LogP contribution >= 0.6 is 73.2 Å². The van der Waals surface area contributed by atoms with Crippen LogP contribution in [-0.2, 0) is 110 Å². The zero-order chi connectivity index (χ0) is 86.9. The van der Waals surface area contributed by atoms with Crippen molar-refractivity contribution in [2.24, 2.45) is 10.8 Å². The highest BCUT2D eigenvalue weighted by atomic mass is 32.2. The number of amides is 3. The van der Waals surface area contributed by atoms with Gasteiger partial charge in [0, 0.05) is 65.6 Å². The lowest BCUT2D eigenvalue weighted by atomic mass is 9.80. The Labute approximate surface area is 690 Å². The Morgan fingerprint density at radius 2 is 0.823 bits per heavy atom. The number of rotatable bonds is 44. The van der Waals surface area contributed by atoms with E-state index in [-0.39, 0.29) is 105 Å². The number of aliphatic hydroxyl groups is 8. The van der Waals surface area contributed by atoms with Crippen molar-refractivity contribution in [1.29, 1.82) is 0 Å². The number of nitrogens with zero attached hydrogens (tertiary/aromatic N) is 3. The Morgan fingerprint density at radius 1 is 0.460 bits per heavy atom. The molecule has 0 aliphatic carbocycles. The first kappa shape index (κ1) is 107. The fourth-order valence-electron chi connectivity index (χ4n) is 9.60. The molecule has 40 heteroatoms. The molecule has 3 saturated heterocycles. The van der Waals surface area contributed by atoms with E-state index >= 15 is 0 Å². The van der Waals surface area contributed by atoms with Gasteiger partial charge in [-0.2, -0.15) is 37.9 Å². The molecule has 3 heterocycles. The fourth-order valence-corrected chi connectivity index (χ4v) is 12.4. The summed E-state index contributed by atoms with van der Waals surface area (Å²) in [4.78, 5) is 161. The smallest absolute Gasteiger partial charge is 0.333 e. The highest BCUT2D eigenvalue weighted by Gasteiger charge is 2.45. The number of hydrogen-bond donors (Lipinski definition) is 11. The van der Waals surface area contributed by atoms with Crippen LogP contribution in [0.15, 0.2) is 37.1 Å². The summed E-state index contributed by atoms with van der Waals surface area (Å²) in [5, 5.41) is 81.8. The number of thiol groups is 3. The first-order valence-corrected chi connectivity index (χ1v) is 41.0. The normalized spacial score (nSPS) is 17.1. The first-order valence-electron chi connectivity index (χ1n) is 36.1. The lowest BCUT2D eigenvalue weighted by Crippen LogP contribution is -2.50. The SMILES string of the molecule is C=C(C)C(=O)OCC(O)COC(=O)C(=C)C.C=CN1CCCC1=O.CC(CC(C)(CC(SCC(=O)OCC(O)C(OC(=O)CSC(C)(C)C)C(O)C(O)COC(=O)CSC(C)(C)C)N1CCCC1=O)C(=O)OCC(O)COC(=O)C(C)(C)C)N1CCCC1=O.O=C(CS)OCC(O)C(O)C(OC(=O)CS)C(O)COC(=O)CS. The largest absolute Gasteiger partial charge is 0.462 e. The maximum absolute atomic E-state index is 14.0. The Balaban J connectivity index is 0.00000209. The number of likely N-dealkylation sites (tertiary alicyclic amines) is 3. The number of aliphatic hydroxyl groups excluding tert-OH is 8. The highest BCUT2D eigenvalue weighted by Crippen LogP contribution is 2.39. The summed E-state index contributed by atoms with van der Waals surface area (Å²) in [5.74, 6) is -8.66. The standard InChI is InChI=1S/C44H74N2O16S3.C12H20O9S3.C11H16O5.C6H9NO/c1-27(45-16-12-14-31(45)50)18-44(11,40(57)61-21-28(47)20-60-39(56)41(2,3)4)19-33(46-17-13-15-32(46)51)63-24-34(52)59-23-30(49)38(62-36(54)26-65-43(8,9)10)37(55)29(48)22-58-35(53)25-64-42(5,6)7;13-6(1-19-8(15)3-22)11(18)12(21-10(17)5-24)7(14)2-20-9(16)4-23;1-7(2)10(13)15-5-9(12)6-16-11(14)8(3)4;1-2-7-5-3-4-6(7)8/h27-30,33,37-38,47-49,55H,12-26H2,1-11H3;6-7,11-14,18,22-24H,1-5H2;9,12H,1,3,5-6H2,2,4H3;2H,1,3-5H2. The molecule has 0 saturated carbocycles.